The third kappa shape index (κ3) is 4.69. The van der Waals surface area contributed by atoms with E-state index < -0.39 is 0 Å². The minimum Gasteiger partial charge on any atom is -0.378 e. The summed E-state index contributed by atoms with van der Waals surface area (Å²) in [6, 6.07) is 1.71. The van der Waals surface area contributed by atoms with Crippen molar-refractivity contribution < 1.29 is 9.53 Å². The first kappa shape index (κ1) is 13.1. The molecule has 0 radical (unpaired) electrons. The molecule has 0 aliphatic carbocycles. The Morgan fingerprint density at radius 2 is 2.31 bits per heavy atom. The molecule has 3 N–H and O–H groups in total. The standard InChI is InChI=1S/C10H14BrN3O2/c11-9-5-8(6-13-7-9)10(15)14-2-4-16-3-1-12/h5-7H,1-4,12H2,(H,14,15). The summed E-state index contributed by atoms with van der Waals surface area (Å²) in [5, 5.41) is 2.72. The molecule has 0 aromatic carbocycles. The van der Waals surface area contributed by atoms with Gasteiger partial charge in [0.25, 0.3) is 5.91 Å². The van der Waals surface area contributed by atoms with Crippen molar-refractivity contribution in [2.24, 2.45) is 5.73 Å². The summed E-state index contributed by atoms with van der Waals surface area (Å²) in [6.45, 7) is 1.92. The highest BCUT2D eigenvalue weighted by atomic mass is 79.9. The predicted molar refractivity (Wildman–Crippen MR) is 64.1 cm³/mol. The minimum absolute atomic E-state index is 0.162. The number of nitrogens with zero attached hydrogens (tertiary/aromatic N) is 1. The van der Waals surface area contributed by atoms with Crippen molar-refractivity contribution in [3.05, 3.63) is 28.5 Å². The van der Waals surface area contributed by atoms with Gasteiger partial charge in [0.2, 0.25) is 0 Å². The van der Waals surface area contributed by atoms with Crippen LogP contribution in [0.1, 0.15) is 10.4 Å². The summed E-state index contributed by atoms with van der Waals surface area (Å²) in [4.78, 5) is 15.5. The molecule has 0 aliphatic rings. The quantitative estimate of drug-likeness (QED) is 0.749. The van der Waals surface area contributed by atoms with E-state index in [1.54, 1.807) is 12.3 Å². The smallest absolute Gasteiger partial charge is 0.252 e. The monoisotopic (exact) mass is 287 g/mol. The van der Waals surface area contributed by atoms with Gasteiger partial charge in [0, 0.05) is 30.0 Å². The second-order valence-electron chi connectivity index (χ2n) is 3.05. The van der Waals surface area contributed by atoms with E-state index in [4.69, 9.17) is 10.5 Å². The number of carbonyl (C=O) groups excluding carboxylic acids is 1. The molecule has 1 rings (SSSR count). The van der Waals surface area contributed by atoms with Gasteiger partial charge in [-0.25, -0.2) is 0 Å². The molecule has 0 saturated carbocycles. The number of amides is 1. The zero-order chi connectivity index (χ0) is 11.8. The van der Waals surface area contributed by atoms with E-state index in [0.717, 1.165) is 4.47 Å². The van der Waals surface area contributed by atoms with Gasteiger partial charge in [0.05, 0.1) is 18.8 Å². The second kappa shape index (κ2) is 7.32. The van der Waals surface area contributed by atoms with E-state index in [-0.39, 0.29) is 5.91 Å². The van der Waals surface area contributed by atoms with Crippen LogP contribution in [0.2, 0.25) is 0 Å². The number of hydrogen-bond donors (Lipinski definition) is 2. The molecule has 1 heterocycles. The Labute approximate surface area is 103 Å². The fourth-order valence-corrected chi connectivity index (χ4v) is 1.43. The third-order valence-corrected chi connectivity index (χ3v) is 2.19. The number of nitrogens with one attached hydrogen (secondary N) is 1. The molecule has 16 heavy (non-hydrogen) atoms. The molecule has 6 heteroatoms. The summed E-state index contributed by atoms with van der Waals surface area (Å²) < 4.78 is 5.91. The van der Waals surface area contributed by atoms with E-state index in [0.29, 0.717) is 31.9 Å². The molecule has 0 unspecified atom stereocenters. The molecule has 1 aromatic heterocycles. The summed E-state index contributed by atoms with van der Waals surface area (Å²) in [6.07, 6.45) is 3.14. The van der Waals surface area contributed by atoms with E-state index in [1.807, 2.05) is 0 Å². The molecular formula is C10H14BrN3O2. The van der Waals surface area contributed by atoms with Crippen LogP contribution in [0.5, 0.6) is 0 Å². The number of carbonyl (C=O) groups is 1. The Morgan fingerprint density at radius 3 is 3.00 bits per heavy atom. The lowest BCUT2D eigenvalue weighted by Crippen LogP contribution is -2.28. The molecule has 5 nitrogen and oxygen atoms in total. The van der Waals surface area contributed by atoms with Crippen LogP contribution >= 0.6 is 15.9 Å². The van der Waals surface area contributed by atoms with Gasteiger partial charge in [-0.05, 0) is 22.0 Å². The largest absolute Gasteiger partial charge is 0.378 e. The topological polar surface area (TPSA) is 77.2 Å². The molecule has 0 atom stereocenters. The normalized spacial score (nSPS) is 10.1. The van der Waals surface area contributed by atoms with Crippen molar-refractivity contribution in [3.63, 3.8) is 0 Å². The highest BCUT2D eigenvalue weighted by molar-refractivity contribution is 9.10. The van der Waals surface area contributed by atoms with Gasteiger partial charge in [-0.3, -0.25) is 9.78 Å². The highest BCUT2D eigenvalue weighted by Gasteiger charge is 2.04. The molecular weight excluding hydrogens is 274 g/mol. The molecule has 0 bridgehead atoms. The van der Waals surface area contributed by atoms with Crippen LogP contribution in [0.3, 0.4) is 0 Å². The highest BCUT2D eigenvalue weighted by Crippen LogP contribution is 2.08. The molecule has 0 saturated heterocycles. The Hall–Kier alpha value is -0.980. The SMILES string of the molecule is NCCOCCNC(=O)c1cncc(Br)c1. The van der Waals surface area contributed by atoms with Crippen molar-refractivity contribution in [1.82, 2.24) is 10.3 Å². The first-order valence-electron chi connectivity index (χ1n) is 4.90. The maximum absolute atomic E-state index is 11.6. The van der Waals surface area contributed by atoms with Crippen molar-refractivity contribution in [2.75, 3.05) is 26.3 Å². The number of hydrogen-bond acceptors (Lipinski definition) is 4. The zero-order valence-corrected chi connectivity index (χ0v) is 10.4. The Balaban J connectivity index is 2.30. The summed E-state index contributed by atoms with van der Waals surface area (Å²) in [5.74, 6) is -0.162. The van der Waals surface area contributed by atoms with E-state index in [1.165, 1.54) is 6.20 Å². The average Bonchev–Trinajstić information content (AvgIpc) is 2.28. The van der Waals surface area contributed by atoms with Crippen LogP contribution in [0.25, 0.3) is 0 Å². The van der Waals surface area contributed by atoms with Gasteiger partial charge in [-0.2, -0.15) is 0 Å². The third-order valence-electron chi connectivity index (χ3n) is 1.76. The number of halogens is 1. The van der Waals surface area contributed by atoms with E-state index in [2.05, 4.69) is 26.2 Å². The van der Waals surface area contributed by atoms with Crippen molar-refractivity contribution in [2.45, 2.75) is 0 Å². The van der Waals surface area contributed by atoms with Gasteiger partial charge >= 0.3 is 0 Å². The number of ether oxygens (including phenoxy) is 1. The van der Waals surface area contributed by atoms with Gasteiger partial charge < -0.3 is 15.8 Å². The lowest BCUT2D eigenvalue weighted by molar-refractivity contribution is 0.0919. The fraction of sp³-hybridized carbons (Fsp3) is 0.400. The summed E-state index contributed by atoms with van der Waals surface area (Å²) in [5.41, 5.74) is 5.77. The summed E-state index contributed by atoms with van der Waals surface area (Å²) in [7, 11) is 0. The van der Waals surface area contributed by atoms with Crippen LogP contribution in [0, 0.1) is 0 Å². The van der Waals surface area contributed by atoms with Crippen LogP contribution in [-0.4, -0.2) is 37.2 Å². The van der Waals surface area contributed by atoms with E-state index in [9.17, 15) is 4.79 Å². The second-order valence-corrected chi connectivity index (χ2v) is 3.96. The Bertz CT molecular complexity index is 347. The van der Waals surface area contributed by atoms with Crippen molar-refractivity contribution >= 4 is 21.8 Å². The maximum Gasteiger partial charge on any atom is 0.252 e. The van der Waals surface area contributed by atoms with Gasteiger partial charge in [-0.1, -0.05) is 0 Å². The van der Waals surface area contributed by atoms with Crippen molar-refractivity contribution in [1.29, 1.82) is 0 Å². The average molecular weight is 288 g/mol. The van der Waals surface area contributed by atoms with Crippen LogP contribution in [0.15, 0.2) is 22.9 Å². The number of pyridine rings is 1. The number of aromatic nitrogens is 1. The fourth-order valence-electron chi connectivity index (χ4n) is 1.06. The molecule has 0 fully saturated rings. The van der Waals surface area contributed by atoms with Gasteiger partial charge in [0.15, 0.2) is 0 Å². The number of nitrogens with two attached hydrogens (primary N) is 1. The van der Waals surface area contributed by atoms with Crippen LogP contribution in [0.4, 0.5) is 0 Å². The van der Waals surface area contributed by atoms with Crippen LogP contribution < -0.4 is 11.1 Å². The first-order chi connectivity index (χ1) is 7.74. The molecule has 1 aromatic rings. The van der Waals surface area contributed by atoms with E-state index >= 15 is 0 Å². The summed E-state index contributed by atoms with van der Waals surface area (Å²) >= 11 is 3.25. The predicted octanol–water partition coefficient (Wildman–Crippen LogP) is 0.549. The lowest BCUT2D eigenvalue weighted by Gasteiger charge is -2.05. The zero-order valence-electron chi connectivity index (χ0n) is 8.78. The maximum atomic E-state index is 11.6. The lowest BCUT2D eigenvalue weighted by atomic mass is 10.3. The minimum atomic E-state index is -0.162. The Morgan fingerprint density at radius 1 is 1.50 bits per heavy atom. The first-order valence-corrected chi connectivity index (χ1v) is 5.70. The Kier molecular flexibility index (Phi) is 5.99. The van der Waals surface area contributed by atoms with Gasteiger partial charge in [-0.15, -0.1) is 0 Å². The number of rotatable bonds is 6. The van der Waals surface area contributed by atoms with Gasteiger partial charge in [0.1, 0.15) is 0 Å². The molecule has 1 amide bonds. The van der Waals surface area contributed by atoms with Crippen LogP contribution in [-0.2, 0) is 4.74 Å². The molecule has 0 spiro atoms. The molecule has 88 valence electrons. The molecule has 0 aliphatic heterocycles. The van der Waals surface area contributed by atoms with Crippen molar-refractivity contribution in [3.8, 4) is 0 Å².